The highest BCUT2D eigenvalue weighted by molar-refractivity contribution is 7.21. The summed E-state index contributed by atoms with van der Waals surface area (Å²) in [5.41, 5.74) is 1.09. The van der Waals surface area contributed by atoms with Crippen molar-refractivity contribution in [2.24, 2.45) is 0 Å². The van der Waals surface area contributed by atoms with Crippen molar-refractivity contribution in [2.75, 3.05) is 5.32 Å². The summed E-state index contributed by atoms with van der Waals surface area (Å²) in [6.45, 7) is -2.92. The van der Waals surface area contributed by atoms with E-state index in [1.807, 2.05) is 0 Å². The lowest BCUT2D eigenvalue weighted by atomic mass is 10.3. The fraction of sp³-hybridized carbons (Fsp3) is 0.0833. The molecule has 8 nitrogen and oxygen atoms in total. The number of alkyl halides is 2. The van der Waals surface area contributed by atoms with Crippen molar-refractivity contribution in [3.05, 3.63) is 24.5 Å². The van der Waals surface area contributed by atoms with Crippen LogP contribution in [0.25, 0.3) is 21.9 Å². The van der Waals surface area contributed by atoms with Crippen LogP contribution >= 0.6 is 11.3 Å². The molecule has 0 aliphatic carbocycles. The second-order valence-corrected chi connectivity index (χ2v) is 5.07. The second kappa shape index (κ2) is 6.04. The fourth-order valence-corrected chi connectivity index (χ4v) is 2.48. The van der Waals surface area contributed by atoms with E-state index in [0.717, 1.165) is 17.5 Å². The SMILES string of the molecule is O=C(O)Nc1nc2ncc(-c3ccc(OC(F)F)cn3)nc2s1. The number of carbonyl (C=O) groups is 1. The van der Waals surface area contributed by atoms with Crippen LogP contribution in [-0.2, 0) is 0 Å². The van der Waals surface area contributed by atoms with Crippen molar-refractivity contribution < 1.29 is 23.4 Å². The van der Waals surface area contributed by atoms with Crippen LogP contribution in [0, 0.1) is 0 Å². The van der Waals surface area contributed by atoms with Crippen molar-refractivity contribution in [2.45, 2.75) is 6.61 Å². The number of anilines is 1. The molecule has 0 aliphatic heterocycles. The number of fused-ring (bicyclic) bond motifs is 1. The summed E-state index contributed by atoms with van der Waals surface area (Å²) in [4.78, 5) is 27.3. The molecular formula is C12H7F2N5O3S. The molecule has 118 valence electrons. The van der Waals surface area contributed by atoms with E-state index in [9.17, 15) is 13.6 Å². The number of pyridine rings is 1. The number of ether oxygens (including phenoxy) is 1. The van der Waals surface area contributed by atoms with Crippen LogP contribution in [-0.4, -0.2) is 37.7 Å². The van der Waals surface area contributed by atoms with Gasteiger partial charge in [0.25, 0.3) is 0 Å². The molecule has 11 heteroatoms. The summed E-state index contributed by atoms with van der Waals surface area (Å²) in [7, 11) is 0. The summed E-state index contributed by atoms with van der Waals surface area (Å²) in [6.07, 6.45) is 1.32. The van der Waals surface area contributed by atoms with E-state index < -0.39 is 12.7 Å². The first kappa shape index (κ1) is 15.0. The van der Waals surface area contributed by atoms with Gasteiger partial charge in [-0.25, -0.2) is 14.8 Å². The monoisotopic (exact) mass is 339 g/mol. The molecule has 3 aromatic rings. The first-order valence-electron chi connectivity index (χ1n) is 6.06. The van der Waals surface area contributed by atoms with Crippen LogP contribution in [0.1, 0.15) is 0 Å². The fourth-order valence-electron chi connectivity index (χ4n) is 1.69. The number of aromatic nitrogens is 4. The quantitative estimate of drug-likeness (QED) is 0.752. The maximum Gasteiger partial charge on any atom is 0.410 e. The van der Waals surface area contributed by atoms with E-state index in [4.69, 9.17) is 5.11 Å². The molecule has 0 unspecified atom stereocenters. The summed E-state index contributed by atoms with van der Waals surface area (Å²) in [5, 5.41) is 10.9. The van der Waals surface area contributed by atoms with E-state index in [0.29, 0.717) is 21.9 Å². The first-order valence-corrected chi connectivity index (χ1v) is 6.87. The molecule has 0 saturated heterocycles. The number of nitrogens with zero attached hydrogens (tertiary/aromatic N) is 4. The molecule has 0 spiro atoms. The van der Waals surface area contributed by atoms with E-state index in [1.54, 1.807) is 0 Å². The van der Waals surface area contributed by atoms with Gasteiger partial charge >= 0.3 is 12.7 Å². The number of carboxylic acid groups (broad SMARTS) is 1. The van der Waals surface area contributed by atoms with Crippen molar-refractivity contribution in [3.8, 4) is 17.1 Å². The average molecular weight is 339 g/mol. The van der Waals surface area contributed by atoms with Gasteiger partial charge in [0.1, 0.15) is 11.4 Å². The van der Waals surface area contributed by atoms with Gasteiger partial charge in [0, 0.05) is 0 Å². The molecule has 0 bridgehead atoms. The molecular weight excluding hydrogens is 332 g/mol. The number of rotatable bonds is 4. The summed E-state index contributed by atoms with van der Waals surface area (Å²) >= 11 is 1.02. The number of nitrogens with one attached hydrogen (secondary N) is 1. The number of thiazole rings is 1. The third kappa shape index (κ3) is 3.45. The van der Waals surface area contributed by atoms with Gasteiger partial charge in [-0.2, -0.15) is 13.8 Å². The van der Waals surface area contributed by atoms with Crippen LogP contribution in [0.2, 0.25) is 0 Å². The van der Waals surface area contributed by atoms with Gasteiger partial charge in [-0.15, -0.1) is 0 Å². The zero-order valence-electron chi connectivity index (χ0n) is 11.1. The molecule has 2 N–H and O–H groups in total. The Balaban J connectivity index is 1.88. The molecule has 0 atom stereocenters. The molecule has 0 fully saturated rings. The van der Waals surface area contributed by atoms with Gasteiger partial charge in [0.15, 0.2) is 15.6 Å². The highest BCUT2D eigenvalue weighted by atomic mass is 32.1. The Labute approximate surface area is 130 Å². The Morgan fingerprint density at radius 2 is 2.04 bits per heavy atom. The van der Waals surface area contributed by atoms with Crippen LogP contribution < -0.4 is 10.1 Å². The maximum absolute atomic E-state index is 12.1. The van der Waals surface area contributed by atoms with Gasteiger partial charge in [0.05, 0.1) is 18.1 Å². The summed E-state index contributed by atoms with van der Waals surface area (Å²) in [6, 6.07) is 2.80. The molecule has 3 heterocycles. The minimum atomic E-state index is -2.92. The van der Waals surface area contributed by atoms with Crippen LogP contribution in [0.4, 0.5) is 18.7 Å². The molecule has 0 aromatic carbocycles. The van der Waals surface area contributed by atoms with Crippen molar-refractivity contribution in [3.63, 3.8) is 0 Å². The Morgan fingerprint density at radius 1 is 1.22 bits per heavy atom. The standard InChI is InChI=1S/C12H7F2N5O3S/c13-10(14)22-5-1-2-6(15-3-5)7-4-16-8-9(17-7)23-11(18-8)19-12(20)21/h1-4,10H,(H,20,21)(H,16,18,19). The lowest BCUT2D eigenvalue weighted by molar-refractivity contribution is -0.0500. The largest absolute Gasteiger partial charge is 0.465 e. The summed E-state index contributed by atoms with van der Waals surface area (Å²) < 4.78 is 28.4. The first-order chi connectivity index (χ1) is 11.0. The molecule has 0 aliphatic rings. The van der Waals surface area contributed by atoms with Gasteiger partial charge in [-0.1, -0.05) is 11.3 Å². The topological polar surface area (TPSA) is 110 Å². The van der Waals surface area contributed by atoms with E-state index in [1.165, 1.54) is 18.3 Å². The Morgan fingerprint density at radius 3 is 2.70 bits per heavy atom. The number of halogens is 2. The molecule has 0 saturated carbocycles. The van der Waals surface area contributed by atoms with Gasteiger partial charge in [-0.05, 0) is 12.1 Å². The van der Waals surface area contributed by atoms with Crippen molar-refractivity contribution in [1.82, 2.24) is 19.9 Å². The number of hydrogen-bond acceptors (Lipinski definition) is 7. The molecule has 0 radical (unpaired) electrons. The highest BCUT2D eigenvalue weighted by Gasteiger charge is 2.11. The normalized spacial score (nSPS) is 10.9. The molecule has 3 aromatic heterocycles. The zero-order chi connectivity index (χ0) is 16.4. The lowest BCUT2D eigenvalue weighted by Gasteiger charge is -2.04. The Kier molecular flexibility index (Phi) is 3.93. The summed E-state index contributed by atoms with van der Waals surface area (Å²) in [5.74, 6) is -0.0662. The highest BCUT2D eigenvalue weighted by Crippen LogP contribution is 2.25. The van der Waals surface area contributed by atoms with Gasteiger partial charge < -0.3 is 9.84 Å². The van der Waals surface area contributed by atoms with Gasteiger partial charge in [0.2, 0.25) is 0 Å². The Bertz CT molecular complexity index is 856. The molecule has 1 amide bonds. The predicted molar refractivity (Wildman–Crippen MR) is 76.7 cm³/mol. The zero-order valence-corrected chi connectivity index (χ0v) is 11.9. The van der Waals surface area contributed by atoms with Crippen LogP contribution in [0.15, 0.2) is 24.5 Å². The number of hydrogen-bond donors (Lipinski definition) is 2. The second-order valence-electron chi connectivity index (χ2n) is 4.09. The van der Waals surface area contributed by atoms with Crippen molar-refractivity contribution >= 4 is 33.0 Å². The lowest BCUT2D eigenvalue weighted by Crippen LogP contribution is -2.06. The maximum atomic E-state index is 12.1. The minimum Gasteiger partial charge on any atom is -0.465 e. The third-order valence-corrected chi connectivity index (χ3v) is 3.41. The van der Waals surface area contributed by atoms with Crippen LogP contribution in [0.3, 0.4) is 0 Å². The van der Waals surface area contributed by atoms with E-state index >= 15 is 0 Å². The smallest absolute Gasteiger partial charge is 0.410 e. The average Bonchev–Trinajstić information content (AvgIpc) is 2.87. The third-order valence-electron chi connectivity index (χ3n) is 2.56. The van der Waals surface area contributed by atoms with Crippen molar-refractivity contribution in [1.29, 1.82) is 0 Å². The number of amides is 1. The van der Waals surface area contributed by atoms with Crippen LogP contribution in [0.5, 0.6) is 5.75 Å². The predicted octanol–water partition coefficient (Wildman–Crippen LogP) is 2.84. The molecule has 23 heavy (non-hydrogen) atoms. The van der Waals surface area contributed by atoms with Gasteiger partial charge in [-0.3, -0.25) is 10.3 Å². The minimum absolute atomic E-state index is 0.0662. The van der Waals surface area contributed by atoms with E-state index in [2.05, 4.69) is 30.0 Å². The molecule has 3 rings (SSSR count). The van der Waals surface area contributed by atoms with E-state index in [-0.39, 0.29) is 10.9 Å². The Hall–Kier alpha value is -2.95.